The smallest absolute Gasteiger partial charge is 0.341 e. The molecule has 26 heavy (non-hydrogen) atoms. The fourth-order valence-electron chi connectivity index (χ4n) is 2.56. The molecule has 0 amide bonds. The number of carbonyl (C=O) groups is 1. The van der Waals surface area contributed by atoms with Gasteiger partial charge in [-0.1, -0.05) is 29.5 Å². The van der Waals surface area contributed by atoms with Crippen molar-refractivity contribution in [2.24, 2.45) is 4.99 Å². The molecule has 3 aromatic rings. The molecule has 0 atom stereocenters. The molecule has 7 nitrogen and oxygen atoms in total. The average Bonchev–Trinajstić information content (AvgIpc) is 3.29. The summed E-state index contributed by atoms with van der Waals surface area (Å²) in [6, 6.07) is 13.2. The van der Waals surface area contributed by atoms with E-state index < -0.39 is 5.97 Å². The molecular formula is C18H14N4O3S. The number of anilines is 2. The van der Waals surface area contributed by atoms with Crippen LogP contribution >= 0.6 is 11.3 Å². The first kappa shape index (κ1) is 16.2. The lowest BCUT2D eigenvalue weighted by Gasteiger charge is -2.04. The highest BCUT2D eigenvalue weighted by Crippen LogP contribution is 2.31. The summed E-state index contributed by atoms with van der Waals surface area (Å²) in [6.07, 6.45) is 1.87. The molecule has 1 aromatic heterocycles. The summed E-state index contributed by atoms with van der Waals surface area (Å²) >= 11 is 1.41. The van der Waals surface area contributed by atoms with Gasteiger partial charge >= 0.3 is 5.97 Å². The number of aromatic nitrogens is 2. The molecule has 0 fully saturated rings. The van der Waals surface area contributed by atoms with Crippen molar-refractivity contribution < 1.29 is 14.6 Å². The Balaban J connectivity index is 1.50. The summed E-state index contributed by atoms with van der Waals surface area (Å²) in [5.74, 6) is -0.537. The van der Waals surface area contributed by atoms with E-state index in [9.17, 15) is 4.79 Å². The highest BCUT2D eigenvalue weighted by Gasteiger charge is 2.11. The van der Waals surface area contributed by atoms with Crippen LogP contribution in [0, 0.1) is 0 Å². The maximum atomic E-state index is 10.6. The van der Waals surface area contributed by atoms with Gasteiger partial charge in [-0.25, -0.2) is 4.79 Å². The Labute approximate surface area is 153 Å². The number of aliphatic imine (C=N–C) groups is 1. The Morgan fingerprint density at radius 3 is 3.04 bits per heavy atom. The van der Waals surface area contributed by atoms with Crippen molar-refractivity contribution in [1.29, 1.82) is 0 Å². The minimum Gasteiger partial charge on any atom is -0.482 e. The van der Waals surface area contributed by atoms with Crippen molar-refractivity contribution in [2.75, 3.05) is 11.9 Å². The van der Waals surface area contributed by atoms with Gasteiger partial charge < -0.3 is 15.2 Å². The van der Waals surface area contributed by atoms with Gasteiger partial charge in [0.25, 0.3) is 0 Å². The van der Waals surface area contributed by atoms with Crippen LogP contribution in [0.25, 0.3) is 10.6 Å². The van der Waals surface area contributed by atoms with Crippen LogP contribution in [0.2, 0.25) is 0 Å². The van der Waals surface area contributed by atoms with Gasteiger partial charge in [-0.15, -0.1) is 10.2 Å². The molecular weight excluding hydrogens is 352 g/mol. The Morgan fingerprint density at radius 1 is 1.23 bits per heavy atom. The van der Waals surface area contributed by atoms with E-state index in [1.807, 2.05) is 24.4 Å². The molecule has 2 aromatic carbocycles. The van der Waals surface area contributed by atoms with Gasteiger partial charge in [0.15, 0.2) is 6.61 Å². The Bertz CT molecular complexity index is 1000. The normalized spacial score (nSPS) is 12.0. The molecule has 130 valence electrons. The molecule has 2 N–H and O–H groups in total. The third-order valence-corrected chi connectivity index (χ3v) is 4.65. The summed E-state index contributed by atoms with van der Waals surface area (Å²) in [5, 5.41) is 21.7. The minimum atomic E-state index is -1.02. The van der Waals surface area contributed by atoms with Gasteiger partial charge in [0.05, 0.1) is 6.54 Å². The minimum absolute atomic E-state index is 0.381. The number of aliphatic carboxylic acids is 1. The standard InChI is InChI=1S/C18H14N4O3S/c23-16(24)10-25-15-3-1-2-11(7-15)17-21-22-18(26-17)20-14-5-4-12-8-19-9-13(12)6-14/h1-7,9H,8,10H2,(H,20,22)(H,23,24). The van der Waals surface area contributed by atoms with Crippen LogP contribution in [0.1, 0.15) is 11.1 Å². The molecule has 1 aliphatic rings. The summed E-state index contributed by atoms with van der Waals surface area (Å²) in [6.45, 7) is 0.354. The summed E-state index contributed by atoms with van der Waals surface area (Å²) in [5.41, 5.74) is 4.08. The first-order valence-corrected chi connectivity index (χ1v) is 8.67. The van der Waals surface area contributed by atoms with E-state index in [0.29, 0.717) is 10.9 Å². The lowest BCUT2D eigenvalue weighted by molar-refractivity contribution is -0.139. The molecule has 0 aliphatic carbocycles. The SMILES string of the molecule is O=C(O)COc1cccc(-c2nnc(Nc3ccc4c(c3)C=NC4)s2)c1. The second kappa shape index (κ2) is 6.93. The molecule has 1 aliphatic heterocycles. The number of rotatable bonds is 6. The van der Waals surface area contributed by atoms with Crippen LogP contribution in [0.3, 0.4) is 0 Å². The number of hydrogen-bond acceptors (Lipinski definition) is 7. The van der Waals surface area contributed by atoms with Gasteiger partial charge in [0.2, 0.25) is 5.13 Å². The van der Waals surface area contributed by atoms with Crippen LogP contribution in [0.4, 0.5) is 10.8 Å². The zero-order valence-corrected chi connectivity index (χ0v) is 14.4. The molecule has 0 unspecified atom stereocenters. The number of carboxylic acid groups (broad SMARTS) is 1. The van der Waals surface area contributed by atoms with Gasteiger partial charge in [0, 0.05) is 17.5 Å². The average molecular weight is 366 g/mol. The van der Waals surface area contributed by atoms with Crippen molar-refractivity contribution in [1.82, 2.24) is 10.2 Å². The lowest BCUT2D eigenvalue weighted by atomic mass is 10.1. The molecule has 0 radical (unpaired) electrons. The van der Waals surface area contributed by atoms with Gasteiger partial charge in [0.1, 0.15) is 10.8 Å². The predicted octanol–water partition coefficient (Wildman–Crippen LogP) is 3.34. The Kier molecular flexibility index (Phi) is 4.32. The van der Waals surface area contributed by atoms with Crippen molar-refractivity contribution in [3.05, 3.63) is 53.6 Å². The molecule has 0 bridgehead atoms. The van der Waals surface area contributed by atoms with Gasteiger partial charge in [-0.2, -0.15) is 0 Å². The third kappa shape index (κ3) is 3.55. The van der Waals surface area contributed by atoms with E-state index in [1.165, 1.54) is 16.9 Å². The number of nitrogens with one attached hydrogen (secondary N) is 1. The number of fused-ring (bicyclic) bond motifs is 1. The zero-order chi connectivity index (χ0) is 17.9. The summed E-state index contributed by atoms with van der Waals surface area (Å²) in [4.78, 5) is 14.9. The summed E-state index contributed by atoms with van der Waals surface area (Å²) < 4.78 is 5.20. The maximum absolute atomic E-state index is 10.6. The van der Waals surface area contributed by atoms with E-state index in [-0.39, 0.29) is 6.61 Å². The molecule has 0 saturated carbocycles. The zero-order valence-electron chi connectivity index (χ0n) is 13.5. The Hall–Kier alpha value is -3.26. The van der Waals surface area contributed by atoms with Crippen molar-refractivity contribution in [2.45, 2.75) is 6.54 Å². The maximum Gasteiger partial charge on any atom is 0.341 e. The van der Waals surface area contributed by atoms with E-state index in [2.05, 4.69) is 26.6 Å². The summed E-state index contributed by atoms with van der Waals surface area (Å²) in [7, 11) is 0. The molecule has 0 spiro atoms. The van der Waals surface area contributed by atoms with E-state index in [1.54, 1.807) is 18.2 Å². The number of ether oxygens (including phenoxy) is 1. The molecule has 0 saturated heterocycles. The fraction of sp³-hybridized carbons (Fsp3) is 0.111. The van der Waals surface area contributed by atoms with Crippen LogP contribution in [-0.2, 0) is 11.3 Å². The van der Waals surface area contributed by atoms with E-state index in [4.69, 9.17) is 9.84 Å². The van der Waals surface area contributed by atoms with Crippen molar-refractivity contribution in [3.63, 3.8) is 0 Å². The third-order valence-electron chi connectivity index (χ3n) is 3.76. The highest BCUT2D eigenvalue weighted by atomic mass is 32.1. The number of carboxylic acids is 1. The van der Waals surface area contributed by atoms with Crippen LogP contribution in [0.15, 0.2) is 47.5 Å². The van der Waals surface area contributed by atoms with Gasteiger partial charge in [-0.3, -0.25) is 4.99 Å². The quantitative estimate of drug-likeness (QED) is 0.694. The highest BCUT2D eigenvalue weighted by molar-refractivity contribution is 7.18. The van der Waals surface area contributed by atoms with Crippen molar-refractivity contribution in [3.8, 4) is 16.3 Å². The second-order valence-corrected chi connectivity index (χ2v) is 6.61. The molecule has 8 heteroatoms. The van der Waals surface area contributed by atoms with Crippen LogP contribution in [-0.4, -0.2) is 34.1 Å². The number of hydrogen-bond donors (Lipinski definition) is 2. The molecule has 2 heterocycles. The van der Waals surface area contributed by atoms with E-state index in [0.717, 1.165) is 28.4 Å². The monoisotopic (exact) mass is 366 g/mol. The number of benzene rings is 2. The van der Waals surface area contributed by atoms with E-state index >= 15 is 0 Å². The molecule has 4 rings (SSSR count). The Morgan fingerprint density at radius 2 is 2.15 bits per heavy atom. The first-order valence-electron chi connectivity index (χ1n) is 7.86. The predicted molar refractivity (Wildman–Crippen MR) is 99.5 cm³/mol. The fourth-order valence-corrected chi connectivity index (χ4v) is 3.32. The second-order valence-electron chi connectivity index (χ2n) is 5.63. The number of nitrogens with zero attached hydrogens (tertiary/aromatic N) is 3. The van der Waals surface area contributed by atoms with Crippen LogP contribution in [0.5, 0.6) is 5.75 Å². The largest absolute Gasteiger partial charge is 0.482 e. The topological polar surface area (TPSA) is 96.7 Å². The lowest BCUT2D eigenvalue weighted by Crippen LogP contribution is -2.09. The first-order chi connectivity index (χ1) is 12.7. The van der Waals surface area contributed by atoms with Crippen LogP contribution < -0.4 is 10.1 Å². The van der Waals surface area contributed by atoms with Gasteiger partial charge in [-0.05, 0) is 35.4 Å². The van der Waals surface area contributed by atoms with Crippen molar-refractivity contribution >= 4 is 34.3 Å².